The van der Waals surface area contributed by atoms with Gasteiger partial charge in [-0.1, -0.05) is 41.9 Å². The summed E-state index contributed by atoms with van der Waals surface area (Å²) < 4.78 is 4.41. The Kier molecular flexibility index (Phi) is 4.91. The molecule has 0 unspecified atom stereocenters. The van der Waals surface area contributed by atoms with Crippen molar-refractivity contribution >= 4 is 23.8 Å². The molecule has 1 heterocycles. The third kappa shape index (κ3) is 3.88. The zero-order valence-electron chi connectivity index (χ0n) is 12.8. The number of halogens is 1. The number of rotatable bonds is 5. The molecule has 0 N–H and O–H groups in total. The minimum atomic E-state index is 0.626. The minimum Gasteiger partial charge on any atom is -0.283 e. The summed E-state index contributed by atoms with van der Waals surface area (Å²) in [6.45, 7) is 1.43. The van der Waals surface area contributed by atoms with Gasteiger partial charge in [0.1, 0.15) is 6.33 Å². The molecule has 0 amide bonds. The van der Waals surface area contributed by atoms with E-state index >= 15 is 0 Å². The molecule has 3 aromatic rings. The van der Waals surface area contributed by atoms with E-state index < -0.39 is 0 Å². The van der Waals surface area contributed by atoms with E-state index in [-0.39, 0.29) is 0 Å². The van der Waals surface area contributed by atoms with Crippen molar-refractivity contribution in [2.45, 2.75) is 13.2 Å². The van der Waals surface area contributed by atoms with Crippen molar-refractivity contribution in [3.63, 3.8) is 0 Å². The van der Waals surface area contributed by atoms with Crippen LogP contribution >= 0.6 is 23.8 Å². The van der Waals surface area contributed by atoms with Crippen LogP contribution in [0.2, 0.25) is 5.02 Å². The molecular weight excluding hydrogens is 328 g/mol. The molecule has 0 radical (unpaired) electrons. The highest BCUT2D eigenvalue weighted by Crippen LogP contribution is 2.12. The minimum absolute atomic E-state index is 0.626. The van der Waals surface area contributed by atoms with Crippen molar-refractivity contribution in [3.05, 3.63) is 76.3 Å². The first-order valence-electron chi connectivity index (χ1n) is 7.26. The number of aromatic nitrogens is 3. The quantitative estimate of drug-likeness (QED) is 0.650. The summed E-state index contributed by atoms with van der Waals surface area (Å²) in [5.41, 5.74) is 2.22. The molecule has 0 spiro atoms. The summed E-state index contributed by atoms with van der Waals surface area (Å²) >= 11 is 11.4. The molecule has 23 heavy (non-hydrogen) atoms. The molecule has 0 saturated carbocycles. The second-order valence-corrected chi connectivity index (χ2v) is 6.20. The first-order valence-corrected chi connectivity index (χ1v) is 8.05. The predicted octanol–water partition coefficient (Wildman–Crippen LogP) is 4.15. The van der Waals surface area contributed by atoms with Crippen LogP contribution in [0.5, 0.6) is 0 Å². The number of hydrogen-bond acceptors (Lipinski definition) is 3. The van der Waals surface area contributed by atoms with Gasteiger partial charge in [0.25, 0.3) is 0 Å². The molecule has 0 bridgehead atoms. The second kappa shape index (κ2) is 7.08. The van der Waals surface area contributed by atoms with Crippen molar-refractivity contribution in [3.8, 4) is 5.69 Å². The lowest BCUT2D eigenvalue weighted by Crippen LogP contribution is -2.22. The molecule has 3 rings (SSSR count). The van der Waals surface area contributed by atoms with Gasteiger partial charge in [0.2, 0.25) is 4.77 Å². The summed E-state index contributed by atoms with van der Waals surface area (Å²) in [6.07, 6.45) is 1.76. The van der Waals surface area contributed by atoms with Gasteiger partial charge in [-0.25, -0.2) is 4.68 Å². The van der Waals surface area contributed by atoms with Crippen LogP contribution in [0.15, 0.2) is 60.9 Å². The maximum Gasteiger partial charge on any atom is 0.203 e. The van der Waals surface area contributed by atoms with Gasteiger partial charge in [0.05, 0.1) is 6.67 Å². The molecule has 6 heteroatoms. The van der Waals surface area contributed by atoms with E-state index in [0.29, 0.717) is 11.4 Å². The van der Waals surface area contributed by atoms with Crippen LogP contribution in [-0.2, 0) is 13.2 Å². The molecule has 0 fully saturated rings. The van der Waals surface area contributed by atoms with Gasteiger partial charge >= 0.3 is 0 Å². The average Bonchev–Trinajstić information content (AvgIpc) is 2.91. The third-order valence-corrected chi connectivity index (χ3v) is 4.17. The Hall–Kier alpha value is -1.95. The highest BCUT2D eigenvalue weighted by molar-refractivity contribution is 7.71. The van der Waals surface area contributed by atoms with E-state index in [1.807, 2.05) is 70.9 Å². The highest BCUT2D eigenvalue weighted by atomic mass is 35.5. The Morgan fingerprint density at radius 3 is 2.48 bits per heavy atom. The number of benzene rings is 2. The predicted molar refractivity (Wildman–Crippen MR) is 95.3 cm³/mol. The average molecular weight is 345 g/mol. The van der Waals surface area contributed by atoms with E-state index in [2.05, 4.69) is 10.00 Å². The van der Waals surface area contributed by atoms with Gasteiger partial charge in [-0.3, -0.25) is 9.47 Å². The molecule has 1 aromatic heterocycles. The van der Waals surface area contributed by atoms with Crippen molar-refractivity contribution in [2.75, 3.05) is 7.05 Å². The van der Waals surface area contributed by atoms with E-state index in [1.54, 1.807) is 6.33 Å². The number of nitrogens with zero attached hydrogens (tertiary/aromatic N) is 4. The Labute approximate surface area is 145 Å². The summed E-state index contributed by atoms with van der Waals surface area (Å²) in [5.74, 6) is 0. The molecule has 0 aliphatic carbocycles. The summed E-state index contributed by atoms with van der Waals surface area (Å²) in [7, 11) is 2.04. The fraction of sp³-hybridized carbons (Fsp3) is 0.176. The Balaban J connectivity index is 1.72. The fourth-order valence-corrected chi connectivity index (χ4v) is 2.76. The lowest BCUT2D eigenvalue weighted by atomic mass is 10.2. The van der Waals surface area contributed by atoms with Gasteiger partial charge in [-0.05, 0) is 49.1 Å². The van der Waals surface area contributed by atoms with Crippen LogP contribution in [0.1, 0.15) is 5.56 Å². The van der Waals surface area contributed by atoms with Crippen LogP contribution in [-0.4, -0.2) is 26.3 Å². The van der Waals surface area contributed by atoms with Gasteiger partial charge in [-0.2, -0.15) is 5.10 Å². The van der Waals surface area contributed by atoms with Gasteiger partial charge in [0.15, 0.2) is 0 Å². The van der Waals surface area contributed by atoms with Crippen molar-refractivity contribution < 1.29 is 0 Å². The Bertz CT molecular complexity index is 824. The van der Waals surface area contributed by atoms with E-state index in [1.165, 1.54) is 5.56 Å². The first kappa shape index (κ1) is 15.9. The smallest absolute Gasteiger partial charge is 0.203 e. The van der Waals surface area contributed by atoms with Gasteiger partial charge in [-0.15, -0.1) is 0 Å². The van der Waals surface area contributed by atoms with Crippen LogP contribution in [0.3, 0.4) is 0 Å². The monoisotopic (exact) mass is 344 g/mol. The number of para-hydroxylation sites is 1. The van der Waals surface area contributed by atoms with E-state index in [4.69, 9.17) is 23.8 Å². The van der Waals surface area contributed by atoms with Crippen LogP contribution in [0, 0.1) is 4.77 Å². The van der Waals surface area contributed by atoms with E-state index in [0.717, 1.165) is 17.3 Å². The molecule has 0 aliphatic heterocycles. The third-order valence-electron chi connectivity index (χ3n) is 3.51. The van der Waals surface area contributed by atoms with Crippen molar-refractivity contribution in [2.24, 2.45) is 0 Å². The number of hydrogen-bond donors (Lipinski definition) is 0. The van der Waals surface area contributed by atoms with Gasteiger partial charge < -0.3 is 0 Å². The molecular formula is C17H17ClN4S. The molecule has 4 nitrogen and oxygen atoms in total. The summed E-state index contributed by atoms with van der Waals surface area (Å²) in [5, 5.41) is 5.15. The zero-order valence-corrected chi connectivity index (χ0v) is 14.3. The summed E-state index contributed by atoms with van der Waals surface area (Å²) in [4.78, 5) is 2.15. The van der Waals surface area contributed by atoms with Crippen LogP contribution in [0.25, 0.3) is 5.69 Å². The lowest BCUT2D eigenvalue weighted by molar-refractivity contribution is 0.244. The topological polar surface area (TPSA) is 26.0 Å². The highest BCUT2D eigenvalue weighted by Gasteiger charge is 2.07. The zero-order chi connectivity index (χ0) is 16.2. The fourth-order valence-electron chi connectivity index (χ4n) is 2.38. The van der Waals surface area contributed by atoms with Gasteiger partial charge in [0, 0.05) is 17.3 Å². The summed E-state index contributed by atoms with van der Waals surface area (Å²) in [6, 6.07) is 17.8. The van der Waals surface area contributed by atoms with Crippen molar-refractivity contribution in [1.82, 2.24) is 19.2 Å². The Morgan fingerprint density at radius 2 is 1.78 bits per heavy atom. The normalized spacial score (nSPS) is 11.1. The largest absolute Gasteiger partial charge is 0.283 e. The Morgan fingerprint density at radius 1 is 1.09 bits per heavy atom. The van der Waals surface area contributed by atoms with Crippen LogP contribution in [0.4, 0.5) is 0 Å². The molecule has 0 saturated heterocycles. The van der Waals surface area contributed by atoms with E-state index in [9.17, 15) is 0 Å². The second-order valence-electron chi connectivity index (χ2n) is 5.40. The molecule has 0 atom stereocenters. The molecule has 0 aliphatic rings. The molecule has 2 aromatic carbocycles. The van der Waals surface area contributed by atoms with Crippen molar-refractivity contribution in [1.29, 1.82) is 0 Å². The maximum absolute atomic E-state index is 5.92. The maximum atomic E-state index is 5.92. The SMILES string of the molecule is CN(Cc1ccc(Cl)cc1)Cn1ncn(-c2ccccc2)c1=S. The lowest BCUT2D eigenvalue weighted by Gasteiger charge is -2.16. The standard InChI is InChI=1S/C17H17ClN4S/c1-20(11-14-7-9-15(18)10-8-14)13-22-17(23)21(12-19-22)16-5-3-2-4-6-16/h2-10,12H,11,13H2,1H3. The van der Waals surface area contributed by atoms with Crippen LogP contribution < -0.4 is 0 Å². The first-order chi connectivity index (χ1) is 11.1. The molecule has 118 valence electrons.